The molecular weight excluding hydrogens is 288 g/mol. The smallest absolute Gasteiger partial charge is 0.268 e. The lowest BCUT2D eigenvalue weighted by molar-refractivity contribution is 0.0946. The Morgan fingerprint density at radius 1 is 1.09 bits per heavy atom. The Bertz CT molecular complexity index is 941. The minimum absolute atomic E-state index is 0.250. The molecule has 4 heteroatoms. The molecule has 0 radical (unpaired) electrons. The number of H-pyrrole nitrogens is 1. The Hall–Kier alpha value is -2.88. The van der Waals surface area contributed by atoms with Gasteiger partial charge in [0.25, 0.3) is 11.5 Å². The van der Waals surface area contributed by atoms with Crippen molar-refractivity contribution in [3.05, 3.63) is 81.3 Å². The maximum Gasteiger partial charge on any atom is 0.268 e. The van der Waals surface area contributed by atoms with Gasteiger partial charge in [0.2, 0.25) is 0 Å². The molecule has 0 aliphatic carbocycles. The molecule has 4 nitrogen and oxygen atoms in total. The van der Waals surface area contributed by atoms with Gasteiger partial charge in [-0.2, -0.15) is 0 Å². The Kier molecular flexibility index (Phi) is 3.98. The molecule has 0 fully saturated rings. The molecule has 2 N–H and O–H groups in total. The van der Waals surface area contributed by atoms with Gasteiger partial charge in [0.1, 0.15) is 5.69 Å². The third kappa shape index (κ3) is 3.16. The van der Waals surface area contributed by atoms with Crippen molar-refractivity contribution in [2.45, 2.75) is 20.4 Å². The number of carbonyl (C=O) groups excluding carboxylic acids is 1. The average Bonchev–Trinajstić information content (AvgIpc) is 2.53. The van der Waals surface area contributed by atoms with E-state index in [4.69, 9.17) is 0 Å². The van der Waals surface area contributed by atoms with Crippen LogP contribution in [-0.2, 0) is 6.54 Å². The summed E-state index contributed by atoms with van der Waals surface area (Å²) in [6.45, 7) is 4.49. The Labute approximate surface area is 134 Å². The summed E-state index contributed by atoms with van der Waals surface area (Å²) in [6.07, 6.45) is 0. The van der Waals surface area contributed by atoms with Gasteiger partial charge in [0.15, 0.2) is 0 Å². The van der Waals surface area contributed by atoms with Gasteiger partial charge in [-0.3, -0.25) is 9.59 Å². The largest absolute Gasteiger partial charge is 0.347 e. The van der Waals surface area contributed by atoms with Gasteiger partial charge in [-0.25, -0.2) is 0 Å². The van der Waals surface area contributed by atoms with E-state index in [0.717, 1.165) is 16.5 Å². The number of amides is 1. The molecule has 1 amide bonds. The third-order valence-corrected chi connectivity index (χ3v) is 3.94. The van der Waals surface area contributed by atoms with Crippen molar-refractivity contribution in [3.8, 4) is 0 Å². The number of rotatable bonds is 3. The van der Waals surface area contributed by atoms with E-state index in [2.05, 4.69) is 16.4 Å². The summed E-state index contributed by atoms with van der Waals surface area (Å²) in [6, 6.07) is 15.0. The lowest BCUT2D eigenvalue weighted by atomic mass is 10.1. The first-order chi connectivity index (χ1) is 11.0. The first-order valence-electron chi connectivity index (χ1n) is 7.51. The maximum absolute atomic E-state index is 12.3. The van der Waals surface area contributed by atoms with Crippen LogP contribution in [0, 0.1) is 13.8 Å². The fraction of sp³-hybridized carbons (Fsp3) is 0.158. The maximum atomic E-state index is 12.3. The van der Waals surface area contributed by atoms with Crippen molar-refractivity contribution in [3.63, 3.8) is 0 Å². The Morgan fingerprint density at radius 2 is 1.87 bits per heavy atom. The first-order valence-corrected chi connectivity index (χ1v) is 7.51. The predicted molar refractivity (Wildman–Crippen MR) is 91.7 cm³/mol. The second-order valence-electron chi connectivity index (χ2n) is 5.71. The number of carbonyl (C=O) groups is 1. The number of nitrogens with one attached hydrogen (secondary N) is 2. The zero-order chi connectivity index (χ0) is 16.4. The van der Waals surface area contributed by atoms with Crippen molar-refractivity contribution in [2.24, 2.45) is 0 Å². The number of aromatic amines is 1. The molecule has 1 aromatic heterocycles. The molecule has 1 heterocycles. The van der Waals surface area contributed by atoms with Crippen LogP contribution in [0.3, 0.4) is 0 Å². The summed E-state index contributed by atoms with van der Waals surface area (Å²) < 4.78 is 0. The zero-order valence-electron chi connectivity index (χ0n) is 13.1. The molecule has 0 spiro atoms. The van der Waals surface area contributed by atoms with E-state index < -0.39 is 0 Å². The average molecular weight is 306 g/mol. The fourth-order valence-corrected chi connectivity index (χ4v) is 2.65. The van der Waals surface area contributed by atoms with Crippen LogP contribution in [-0.4, -0.2) is 10.9 Å². The van der Waals surface area contributed by atoms with E-state index in [9.17, 15) is 9.59 Å². The molecule has 3 rings (SSSR count). The van der Waals surface area contributed by atoms with Gasteiger partial charge in [-0.1, -0.05) is 42.0 Å². The zero-order valence-corrected chi connectivity index (χ0v) is 13.1. The quantitative estimate of drug-likeness (QED) is 0.781. The molecule has 0 saturated carbocycles. The molecule has 0 aliphatic heterocycles. The summed E-state index contributed by atoms with van der Waals surface area (Å²) in [5.41, 5.74) is 3.42. The van der Waals surface area contributed by atoms with Crippen LogP contribution in [0.2, 0.25) is 0 Å². The van der Waals surface area contributed by atoms with Crippen molar-refractivity contribution >= 4 is 16.7 Å². The highest BCUT2D eigenvalue weighted by molar-refractivity contribution is 5.96. The van der Waals surface area contributed by atoms with Crippen molar-refractivity contribution in [1.82, 2.24) is 10.3 Å². The number of hydrogen-bond acceptors (Lipinski definition) is 2. The van der Waals surface area contributed by atoms with Crippen molar-refractivity contribution in [1.29, 1.82) is 0 Å². The summed E-state index contributed by atoms with van der Waals surface area (Å²) in [4.78, 5) is 27.0. The van der Waals surface area contributed by atoms with E-state index in [-0.39, 0.29) is 17.2 Å². The molecule has 0 saturated heterocycles. The van der Waals surface area contributed by atoms with E-state index in [1.54, 1.807) is 18.2 Å². The van der Waals surface area contributed by atoms with Gasteiger partial charge in [0.05, 0.1) is 0 Å². The highest BCUT2D eigenvalue weighted by atomic mass is 16.2. The molecule has 3 aromatic rings. The summed E-state index contributed by atoms with van der Waals surface area (Å²) in [5.74, 6) is -0.284. The van der Waals surface area contributed by atoms with E-state index in [1.807, 2.05) is 38.1 Å². The van der Waals surface area contributed by atoms with Crippen LogP contribution in [0.15, 0.2) is 53.3 Å². The Morgan fingerprint density at radius 3 is 2.65 bits per heavy atom. The van der Waals surface area contributed by atoms with E-state index in [1.165, 1.54) is 5.56 Å². The van der Waals surface area contributed by atoms with Crippen molar-refractivity contribution < 1.29 is 4.79 Å². The third-order valence-electron chi connectivity index (χ3n) is 3.94. The SMILES string of the molecule is Cc1ccc(CNC(=O)c2cc3ccccc3c(=O)[nH]2)c(C)c1. The van der Waals surface area contributed by atoms with Gasteiger partial charge in [-0.05, 0) is 42.5 Å². The molecule has 0 bridgehead atoms. The second-order valence-corrected chi connectivity index (χ2v) is 5.71. The molecular formula is C19H18N2O2. The summed E-state index contributed by atoms with van der Waals surface area (Å²) in [5, 5.41) is 4.20. The second kappa shape index (κ2) is 6.08. The van der Waals surface area contributed by atoms with E-state index >= 15 is 0 Å². The monoisotopic (exact) mass is 306 g/mol. The molecule has 0 atom stereocenters. The number of fused-ring (bicyclic) bond motifs is 1. The number of aryl methyl sites for hydroxylation is 2. The van der Waals surface area contributed by atoms with Crippen LogP contribution in [0.4, 0.5) is 0 Å². The molecule has 2 aromatic carbocycles. The number of pyridine rings is 1. The van der Waals surface area contributed by atoms with Gasteiger partial charge >= 0.3 is 0 Å². The molecule has 23 heavy (non-hydrogen) atoms. The lowest BCUT2D eigenvalue weighted by Gasteiger charge is -2.09. The summed E-state index contributed by atoms with van der Waals surface area (Å²) >= 11 is 0. The van der Waals surface area contributed by atoms with Crippen LogP contribution in [0.1, 0.15) is 27.2 Å². The summed E-state index contributed by atoms with van der Waals surface area (Å²) in [7, 11) is 0. The minimum atomic E-state index is -0.284. The lowest BCUT2D eigenvalue weighted by Crippen LogP contribution is -2.26. The van der Waals surface area contributed by atoms with Gasteiger partial charge in [-0.15, -0.1) is 0 Å². The number of hydrogen-bond donors (Lipinski definition) is 2. The minimum Gasteiger partial charge on any atom is -0.347 e. The Balaban J connectivity index is 1.82. The molecule has 0 aliphatic rings. The number of aromatic nitrogens is 1. The van der Waals surface area contributed by atoms with Crippen LogP contribution < -0.4 is 10.9 Å². The van der Waals surface area contributed by atoms with Gasteiger partial charge in [0, 0.05) is 11.9 Å². The first kappa shape index (κ1) is 15.0. The molecule has 116 valence electrons. The topological polar surface area (TPSA) is 62.0 Å². The highest BCUT2D eigenvalue weighted by Gasteiger charge is 2.09. The van der Waals surface area contributed by atoms with Crippen LogP contribution >= 0.6 is 0 Å². The number of benzene rings is 2. The highest BCUT2D eigenvalue weighted by Crippen LogP contribution is 2.12. The van der Waals surface area contributed by atoms with Gasteiger partial charge < -0.3 is 10.3 Å². The normalized spacial score (nSPS) is 10.7. The van der Waals surface area contributed by atoms with Crippen LogP contribution in [0.5, 0.6) is 0 Å². The van der Waals surface area contributed by atoms with Crippen molar-refractivity contribution in [2.75, 3.05) is 0 Å². The predicted octanol–water partition coefficient (Wildman–Crippen LogP) is 3.07. The molecule has 0 unspecified atom stereocenters. The fourth-order valence-electron chi connectivity index (χ4n) is 2.65. The van der Waals surface area contributed by atoms with E-state index in [0.29, 0.717) is 11.9 Å². The standard InChI is InChI=1S/C19H18N2O2/c1-12-7-8-15(13(2)9-12)11-20-19(23)17-10-14-5-3-4-6-16(14)18(22)21-17/h3-10H,11H2,1-2H3,(H,20,23)(H,21,22). The van der Waals surface area contributed by atoms with Crippen LogP contribution in [0.25, 0.3) is 10.8 Å².